The first kappa shape index (κ1) is 10.5. The molecule has 3 heteroatoms. The lowest BCUT2D eigenvalue weighted by atomic mass is 10.1. The van der Waals surface area contributed by atoms with E-state index in [1.54, 1.807) is 0 Å². The van der Waals surface area contributed by atoms with E-state index in [-0.39, 0.29) is 5.91 Å². The fourth-order valence-electron chi connectivity index (χ4n) is 1.65. The standard InChI is InChI=1S/C13H14N2O/c14-13(16)9-11-3-5-12(6-4-11)10-15-7-1-2-8-15/h1-8H,9-10H2,(H2,14,16). The zero-order valence-corrected chi connectivity index (χ0v) is 8.97. The lowest BCUT2D eigenvalue weighted by Gasteiger charge is -2.04. The van der Waals surface area contributed by atoms with Gasteiger partial charge in [-0.15, -0.1) is 0 Å². The largest absolute Gasteiger partial charge is 0.369 e. The molecule has 2 rings (SSSR count). The lowest BCUT2D eigenvalue weighted by molar-refractivity contribution is -0.117. The minimum Gasteiger partial charge on any atom is -0.369 e. The van der Waals surface area contributed by atoms with E-state index in [0.717, 1.165) is 12.1 Å². The molecule has 1 heterocycles. The van der Waals surface area contributed by atoms with Crippen molar-refractivity contribution in [1.29, 1.82) is 0 Å². The van der Waals surface area contributed by atoms with Crippen LogP contribution in [0.1, 0.15) is 11.1 Å². The summed E-state index contributed by atoms with van der Waals surface area (Å²) in [4.78, 5) is 10.7. The Morgan fingerprint density at radius 3 is 2.19 bits per heavy atom. The van der Waals surface area contributed by atoms with E-state index in [1.807, 2.05) is 48.8 Å². The summed E-state index contributed by atoms with van der Waals surface area (Å²) < 4.78 is 2.10. The normalized spacial score (nSPS) is 10.2. The Labute approximate surface area is 94.5 Å². The summed E-state index contributed by atoms with van der Waals surface area (Å²) >= 11 is 0. The van der Waals surface area contributed by atoms with Crippen LogP contribution in [0.25, 0.3) is 0 Å². The van der Waals surface area contributed by atoms with E-state index in [0.29, 0.717) is 6.42 Å². The summed E-state index contributed by atoms with van der Waals surface area (Å²) in [6.45, 7) is 0.851. The fraction of sp³-hybridized carbons (Fsp3) is 0.154. The van der Waals surface area contributed by atoms with Crippen molar-refractivity contribution in [3.63, 3.8) is 0 Å². The van der Waals surface area contributed by atoms with Gasteiger partial charge in [-0.25, -0.2) is 0 Å². The molecular formula is C13H14N2O. The Balaban J connectivity index is 2.05. The topological polar surface area (TPSA) is 48.0 Å². The predicted molar refractivity (Wildman–Crippen MR) is 62.9 cm³/mol. The van der Waals surface area contributed by atoms with Gasteiger partial charge < -0.3 is 10.3 Å². The lowest BCUT2D eigenvalue weighted by Crippen LogP contribution is -2.13. The molecular weight excluding hydrogens is 200 g/mol. The van der Waals surface area contributed by atoms with Gasteiger partial charge in [0, 0.05) is 18.9 Å². The predicted octanol–water partition coefficient (Wildman–Crippen LogP) is 1.56. The first-order chi connectivity index (χ1) is 7.74. The van der Waals surface area contributed by atoms with E-state index in [4.69, 9.17) is 5.73 Å². The van der Waals surface area contributed by atoms with Crippen LogP contribution in [0.15, 0.2) is 48.8 Å². The second kappa shape index (κ2) is 4.66. The third-order valence-electron chi connectivity index (χ3n) is 2.43. The second-order valence-electron chi connectivity index (χ2n) is 3.81. The molecule has 3 nitrogen and oxygen atoms in total. The van der Waals surface area contributed by atoms with Crippen LogP contribution in [-0.4, -0.2) is 10.5 Å². The van der Waals surface area contributed by atoms with Crippen LogP contribution in [0.5, 0.6) is 0 Å². The van der Waals surface area contributed by atoms with E-state index < -0.39 is 0 Å². The average Bonchev–Trinajstić information content (AvgIpc) is 2.73. The number of benzene rings is 1. The number of primary amides is 1. The highest BCUT2D eigenvalue weighted by atomic mass is 16.1. The molecule has 0 aliphatic carbocycles. The average molecular weight is 214 g/mol. The Morgan fingerprint density at radius 2 is 1.62 bits per heavy atom. The van der Waals surface area contributed by atoms with Gasteiger partial charge in [-0.3, -0.25) is 4.79 Å². The zero-order chi connectivity index (χ0) is 11.4. The van der Waals surface area contributed by atoms with Crippen molar-refractivity contribution in [3.05, 3.63) is 59.9 Å². The van der Waals surface area contributed by atoms with Gasteiger partial charge in [0.25, 0.3) is 0 Å². The van der Waals surface area contributed by atoms with Gasteiger partial charge in [-0.05, 0) is 23.3 Å². The number of rotatable bonds is 4. The molecule has 0 saturated carbocycles. The van der Waals surface area contributed by atoms with Crippen LogP contribution >= 0.6 is 0 Å². The van der Waals surface area contributed by atoms with Crippen LogP contribution < -0.4 is 5.73 Å². The second-order valence-corrected chi connectivity index (χ2v) is 3.81. The Bertz CT molecular complexity index is 457. The number of hydrogen-bond acceptors (Lipinski definition) is 1. The molecule has 82 valence electrons. The highest BCUT2D eigenvalue weighted by Crippen LogP contribution is 2.07. The monoisotopic (exact) mass is 214 g/mol. The van der Waals surface area contributed by atoms with Gasteiger partial charge in [0.15, 0.2) is 0 Å². The van der Waals surface area contributed by atoms with Gasteiger partial charge in [-0.1, -0.05) is 24.3 Å². The highest BCUT2D eigenvalue weighted by Gasteiger charge is 1.99. The Morgan fingerprint density at radius 1 is 1.06 bits per heavy atom. The molecule has 1 amide bonds. The van der Waals surface area contributed by atoms with Crippen LogP contribution in [0, 0.1) is 0 Å². The summed E-state index contributed by atoms with van der Waals surface area (Å²) in [5.74, 6) is -0.293. The number of nitrogens with zero attached hydrogens (tertiary/aromatic N) is 1. The molecule has 1 aromatic carbocycles. The van der Waals surface area contributed by atoms with Crippen molar-refractivity contribution in [2.75, 3.05) is 0 Å². The Hall–Kier alpha value is -2.03. The maximum atomic E-state index is 10.7. The number of amides is 1. The number of aromatic nitrogens is 1. The van der Waals surface area contributed by atoms with Crippen molar-refractivity contribution in [2.24, 2.45) is 5.73 Å². The fourth-order valence-corrected chi connectivity index (χ4v) is 1.65. The molecule has 16 heavy (non-hydrogen) atoms. The third-order valence-corrected chi connectivity index (χ3v) is 2.43. The molecule has 1 aromatic heterocycles. The molecule has 0 aliphatic rings. The minimum atomic E-state index is -0.293. The molecule has 0 bridgehead atoms. The number of nitrogens with two attached hydrogens (primary N) is 1. The molecule has 0 unspecified atom stereocenters. The van der Waals surface area contributed by atoms with Gasteiger partial charge >= 0.3 is 0 Å². The van der Waals surface area contributed by atoms with E-state index in [9.17, 15) is 4.79 Å². The van der Waals surface area contributed by atoms with Gasteiger partial charge in [0.2, 0.25) is 5.91 Å². The van der Waals surface area contributed by atoms with Crippen molar-refractivity contribution < 1.29 is 4.79 Å². The summed E-state index contributed by atoms with van der Waals surface area (Å²) in [6.07, 6.45) is 4.36. The van der Waals surface area contributed by atoms with E-state index in [1.165, 1.54) is 5.56 Å². The van der Waals surface area contributed by atoms with Gasteiger partial charge in [0.1, 0.15) is 0 Å². The zero-order valence-electron chi connectivity index (χ0n) is 8.97. The first-order valence-electron chi connectivity index (χ1n) is 5.21. The number of hydrogen-bond donors (Lipinski definition) is 1. The molecule has 0 atom stereocenters. The summed E-state index contributed by atoms with van der Waals surface area (Å²) in [6, 6.07) is 12.0. The molecule has 2 aromatic rings. The van der Waals surface area contributed by atoms with Crippen molar-refractivity contribution >= 4 is 5.91 Å². The van der Waals surface area contributed by atoms with Crippen molar-refractivity contribution in [2.45, 2.75) is 13.0 Å². The van der Waals surface area contributed by atoms with Crippen LogP contribution in [0.4, 0.5) is 0 Å². The highest BCUT2D eigenvalue weighted by molar-refractivity contribution is 5.76. The molecule has 0 radical (unpaired) electrons. The minimum absolute atomic E-state index is 0.293. The smallest absolute Gasteiger partial charge is 0.221 e. The van der Waals surface area contributed by atoms with Gasteiger partial charge in [0.05, 0.1) is 6.42 Å². The van der Waals surface area contributed by atoms with Gasteiger partial charge in [-0.2, -0.15) is 0 Å². The maximum Gasteiger partial charge on any atom is 0.221 e. The van der Waals surface area contributed by atoms with E-state index >= 15 is 0 Å². The molecule has 2 N–H and O–H groups in total. The van der Waals surface area contributed by atoms with Crippen molar-refractivity contribution in [3.8, 4) is 0 Å². The van der Waals surface area contributed by atoms with Crippen LogP contribution in [0.3, 0.4) is 0 Å². The molecule has 0 aliphatic heterocycles. The maximum absolute atomic E-state index is 10.7. The summed E-state index contributed by atoms with van der Waals surface area (Å²) in [7, 11) is 0. The third kappa shape index (κ3) is 2.73. The quantitative estimate of drug-likeness (QED) is 0.825. The first-order valence-corrected chi connectivity index (χ1v) is 5.21. The Kier molecular flexibility index (Phi) is 3.05. The van der Waals surface area contributed by atoms with Crippen LogP contribution in [-0.2, 0) is 17.8 Å². The van der Waals surface area contributed by atoms with Crippen molar-refractivity contribution in [1.82, 2.24) is 4.57 Å². The molecule has 0 spiro atoms. The molecule has 0 fully saturated rings. The summed E-state index contributed by atoms with van der Waals surface area (Å²) in [5, 5.41) is 0. The van der Waals surface area contributed by atoms with E-state index in [2.05, 4.69) is 4.57 Å². The summed E-state index contributed by atoms with van der Waals surface area (Å²) in [5.41, 5.74) is 7.30. The van der Waals surface area contributed by atoms with Crippen LogP contribution in [0.2, 0.25) is 0 Å². The molecule has 0 saturated heterocycles. The number of carbonyl (C=O) groups excluding carboxylic acids is 1. The number of carbonyl (C=O) groups is 1. The SMILES string of the molecule is NC(=O)Cc1ccc(Cn2cccc2)cc1.